The molecule has 0 atom stereocenters. The van der Waals surface area contributed by atoms with Gasteiger partial charge in [-0.15, -0.1) is 0 Å². The minimum Gasteiger partial charge on any atom is -0.493 e. The van der Waals surface area contributed by atoms with Gasteiger partial charge >= 0.3 is 0 Å². The molecule has 0 aliphatic heterocycles. The molecule has 0 spiro atoms. The lowest BCUT2D eigenvalue weighted by atomic mass is 10.0. The first-order valence-electron chi connectivity index (χ1n) is 7.48. The topological polar surface area (TPSA) is 85.4 Å². The summed E-state index contributed by atoms with van der Waals surface area (Å²) in [4.78, 5) is 10.4. The molecule has 0 heterocycles. The monoisotopic (exact) mass is 462 g/mol. The van der Waals surface area contributed by atoms with Gasteiger partial charge in [-0.2, -0.15) is 5.26 Å². The molecular formula is C19H15IN2O4. The standard InChI is InChI=1S/C19H15IN2O4/c1-3-7-26-19-17(20)9-13(10-18(19)25-2)8-15(12-21)14-5-4-6-16(11-14)22(23)24/h3-6,8-11H,1,7H2,2H3/b15-8+. The summed E-state index contributed by atoms with van der Waals surface area (Å²) in [5.74, 6) is 1.13. The number of nitriles is 1. The normalized spacial score (nSPS) is 10.7. The molecular weight excluding hydrogens is 447 g/mol. The van der Waals surface area contributed by atoms with Crippen LogP contribution in [0.4, 0.5) is 5.69 Å². The van der Waals surface area contributed by atoms with E-state index in [1.54, 1.807) is 30.4 Å². The van der Waals surface area contributed by atoms with E-state index in [9.17, 15) is 15.4 Å². The summed E-state index contributed by atoms with van der Waals surface area (Å²) in [6.45, 7) is 3.97. The van der Waals surface area contributed by atoms with Gasteiger partial charge in [-0.1, -0.05) is 24.8 Å². The fraction of sp³-hybridized carbons (Fsp3) is 0.105. The summed E-state index contributed by atoms with van der Waals surface area (Å²) in [6, 6.07) is 11.6. The Morgan fingerprint density at radius 3 is 2.81 bits per heavy atom. The van der Waals surface area contributed by atoms with E-state index in [2.05, 4.69) is 35.2 Å². The van der Waals surface area contributed by atoms with Gasteiger partial charge in [-0.05, 0) is 51.9 Å². The van der Waals surface area contributed by atoms with Gasteiger partial charge in [0.1, 0.15) is 6.61 Å². The molecule has 26 heavy (non-hydrogen) atoms. The number of hydrogen-bond donors (Lipinski definition) is 0. The molecule has 0 aromatic heterocycles. The van der Waals surface area contributed by atoms with Gasteiger partial charge in [-0.3, -0.25) is 10.1 Å². The lowest BCUT2D eigenvalue weighted by Crippen LogP contribution is -1.99. The first kappa shape index (κ1) is 19.5. The predicted octanol–water partition coefficient (Wildman–Crippen LogP) is 4.84. The highest BCUT2D eigenvalue weighted by atomic mass is 127. The average molecular weight is 462 g/mol. The van der Waals surface area contributed by atoms with Crippen molar-refractivity contribution < 1.29 is 14.4 Å². The van der Waals surface area contributed by atoms with Crippen LogP contribution in [0.3, 0.4) is 0 Å². The van der Waals surface area contributed by atoms with Crippen LogP contribution in [0.1, 0.15) is 11.1 Å². The number of methoxy groups -OCH3 is 1. The molecule has 0 bridgehead atoms. The van der Waals surface area contributed by atoms with Crippen LogP contribution in [0.25, 0.3) is 11.6 Å². The van der Waals surface area contributed by atoms with E-state index in [0.717, 1.165) is 9.13 Å². The molecule has 0 fully saturated rings. The molecule has 0 aliphatic carbocycles. The van der Waals surface area contributed by atoms with Crippen molar-refractivity contribution in [2.75, 3.05) is 13.7 Å². The molecule has 132 valence electrons. The van der Waals surface area contributed by atoms with Crippen molar-refractivity contribution in [3.63, 3.8) is 0 Å². The van der Waals surface area contributed by atoms with Crippen LogP contribution in [0.15, 0.2) is 49.1 Å². The van der Waals surface area contributed by atoms with E-state index < -0.39 is 4.92 Å². The molecule has 0 saturated heterocycles. The maximum atomic E-state index is 10.9. The van der Waals surface area contributed by atoms with Gasteiger partial charge in [0.15, 0.2) is 11.5 Å². The second-order valence-electron chi connectivity index (χ2n) is 5.11. The smallest absolute Gasteiger partial charge is 0.270 e. The second-order valence-corrected chi connectivity index (χ2v) is 6.27. The number of non-ortho nitro benzene ring substituents is 1. The molecule has 2 rings (SSSR count). The third-order valence-corrected chi connectivity index (χ3v) is 4.20. The Morgan fingerprint density at radius 2 is 2.19 bits per heavy atom. The van der Waals surface area contributed by atoms with Crippen molar-refractivity contribution >= 4 is 39.9 Å². The summed E-state index contributed by atoms with van der Waals surface area (Å²) in [5, 5.41) is 20.4. The zero-order chi connectivity index (χ0) is 19.1. The van der Waals surface area contributed by atoms with Gasteiger partial charge in [-0.25, -0.2) is 0 Å². The second kappa shape index (κ2) is 9.01. The Hall–Kier alpha value is -2.86. The van der Waals surface area contributed by atoms with Crippen LogP contribution < -0.4 is 9.47 Å². The minimum atomic E-state index is -0.490. The third kappa shape index (κ3) is 4.61. The predicted molar refractivity (Wildman–Crippen MR) is 108 cm³/mol. The van der Waals surface area contributed by atoms with Crippen LogP contribution in [-0.4, -0.2) is 18.6 Å². The minimum absolute atomic E-state index is 0.0658. The van der Waals surface area contributed by atoms with Gasteiger partial charge in [0, 0.05) is 12.1 Å². The van der Waals surface area contributed by atoms with E-state index in [1.807, 2.05) is 6.07 Å². The summed E-state index contributed by atoms with van der Waals surface area (Å²) < 4.78 is 11.8. The fourth-order valence-corrected chi connectivity index (χ4v) is 3.02. The molecule has 7 heteroatoms. The summed E-state index contributed by atoms with van der Waals surface area (Å²) in [5.41, 5.74) is 1.44. The maximum absolute atomic E-state index is 10.9. The van der Waals surface area contributed by atoms with E-state index >= 15 is 0 Å². The van der Waals surface area contributed by atoms with E-state index in [0.29, 0.717) is 29.2 Å². The largest absolute Gasteiger partial charge is 0.493 e. The number of halogens is 1. The van der Waals surface area contributed by atoms with Crippen LogP contribution in [-0.2, 0) is 0 Å². The Labute approximate surface area is 164 Å². The van der Waals surface area contributed by atoms with Crippen molar-refractivity contribution in [1.82, 2.24) is 0 Å². The van der Waals surface area contributed by atoms with Crippen molar-refractivity contribution in [2.45, 2.75) is 0 Å². The quantitative estimate of drug-likeness (QED) is 0.147. The van der Waals surface area contributed by atoms with Crippen molar-refractivity contribution in [2.24, 2.45) is 0 Å². The fourth-order valence-electron chi connectivity index (χ4n) is 2.24. The highest BCUT2D eigenvalue weighted by Crippen LogP contribution is 2.35. The van der Waals surface area contributed by atoms with Crippen LogP contribution >= 0.6 is 22.6 Å². The van der Waals surface area contributed by atoms with E-state index in [4.69, 9.17) is 9.47 Å². The van der Waals surface area contributed by atoms with Crippen LogP contribution in [0.5, 0.6) is 11.5 Å². The van der Waals surface area contributed by atoms with Crippen LogP contribution in [0.2, 0.25) is 0 Å². The number of nitro benzene ring substituents is 1. The lowest BCUT2D eigenvalue weighted by Gasteiger charge is -2.12. The molecule has 0 aliphatic rings. The van der Waals surface area contributed by atoms with Crippen molar-refractivity contribution in [1.29, 1.82) is 5.26 Å². The first-order valence-corrected chi connectivity index (χ1v) is 8.56. The number of ether oxygens (including phenoxy) is 2. The Balaban J connectivity index is 2.48. The Bertz CT molecular complexity index is 916. The third-order valence-electron chi connectivity index (χ3n) is 3.40. The number of hydrogen-bond acceptors (Lipinski definition) is 5. The summed E-state index contributed by atoms with van der Waals surface area (Å²) >= 11 is 2.12. The van der Waals surface area contributed by atoms with Crippen LogP contribution in [0, 0.1) is 25.0 Å². The molecule has 0 radical (unpaired) electrons. The summed E-state index contributed by atoms with van der Waals surface area (Å²) in [7, 11) is 1.53. The summed E-state index contributed by atoms with van der Waals surface area (Å²) in [6.07, 6.45) is 3.29. The van der Waals surface area contributed by atoms with Crippen molar-refractivity contribution in [3.05, 3.63) is 73.9 Å². The number of benzene rings is 2. The zero-order valence-corrected chi connectivity index (χ0v) is 16.1. The number of rotatable bonds is 7. The number of nitro groups is 1. The van der Waals surface area contributed by atoms with E-state index in [1.165, 1.54) is 19.2 Å². The number of nitrogens with zero attached hydrogens (tertiary/aromatic N) is 2. The van der Waals surface area contributed by atoms with E-state index in [-0.39, 0.29) is 5.69 Å². The van der Waals surface area contributed by atoms with Gasteiger partial charge in [0.05, 0.1) is 27.2 Å². The molecule has 0 N–H and O–H groups in total. The highest BCUT2D eigenvalue weighted by Gasteiger charge is 2.13. The first-order chi connectivity index (χ1) is 12.5. The van der Waals surface area contributed by atoms with Gasteiger partial charge in [0.25, 0.3) is 5.69 Å². The number of allylic oxidation sites excluding steroid dienone is 1. The SMILES string of the molecule is C=CCOc1c(I)cc(/C=C(\C#N)c2cccc([N+](=O)[O-])c2)cc1OC. The molecule has 0 saturated carbocycles. The molecule has 6 nitrogen and oxygen atoms in total. The molecule has 0 unspecified atom stereocenters. The highest BCUT2D eigenvalue weighted by molar-refractivity contribution is 14.1. The molecule has 2 aromatic rings. The van der Waals surface area contributed by atoms with Gasteiger partial charge in [0.2, 0.25) is 0 Å². The Morgan fingerprint density at radius 1 is 1.42 bits per heavy atom. The van der Waals surface area contributed by atoms with Crippen molar-refractivity contribution in [3.8, 4) is 17.6 Å². The van der Waals surface area contributed by atoms with Gasteiger partial charge < -0.3 is 9.47 Å². The maximum Gasteiger partial charge on any atom is 0.270 e. The zero-order valence-electron chi connectivity index (χ0n) is 13.9. The Kier molecular flexibility index (Phi) is 6.74. The molecule has 2 aromatic carbocycles. The molecule has 0 amide bonds. The average Bonchev–Trinajstić information content (AvgIpc) is 2.64. The lowest BCUT2D eigenvalue weighted by molar-refractivity contribution is -0.384.